The SMILES string of the molecule is CC(C)(C)C1CCc2c(sc3ncnc(Cl)c23)C1. The van der Waals surface area contributed by atoms with Gasteiger partial charge in [0.15, 0.2) is 0 Å². The molecule has 0 fully saturated rings. The van der Waals surface area contributed by atoms with E-state index < -0.39 is 0 Å². The molecule has 0 saturated heterocycles. The van der Waals surface area contributed by atoms with Crippen LogP contribution in [0.15, 0.2) is 6.33 Å². The lowest BCUT2D eigenvalue weighted by Crippen LogP contribution is -2.26. The molecule has 2 aromatic heterocycles. The highest BCUT2D eigenvalue weighted by molar-refractivity contribution is 7.19. The Morgan fingerprint density at radius 2 is 2.11 bits per heavy atom. The van der Waals surface area contributed by atoms with Crippen LogP contribution in [-0.2, 0) is 12.8 Å². The van der Waals surface area contributed by atoms with Crippen LogP contribution < -0.4 is 0 Å². The van der Waals surface area contributed by atoms with E-state index >= 15 is 0 Å². The molecule has 0 radical (unpaired) electrons. The van der Waals surface area contributed by atoms with Crippen molar-refractivity contribution in [2.45, 2.75) is 40.0 Å². The molecule has 0 N–H and O–H groups in total. The standard InChI is InChI=1S/C14H17ClN2S/c1-14(2,3)8-4-5-9-10(6-8)18-13-11(9)12(15)16-7-17-13/h7-8H,4-6H2,1-3H3. The minimum Gasteiger partial charge on any atom is -0.225 e. The van der Waals surface area contributed by atoms with Crippen molar-refractivity contribution in [3.8, 4) is 0 Å². The summed E-state index contributed by atoms with van der Waals surface area (Å²) in [6.45, 7) is 7.01. The van der Waals surface area contributed by atoms with Gasteiger partial charge in [-0.25, -0.2) is 9.97 Å². The predicted molar refractivity (Wildman–Crippen MR) is 77.4 cm³/mol. The highest BCUT2D eigenvalue weighted by Gasteiger charge is 2.31. The van der Waals surface area contributed by atoms with Crippen molar-refractivity contribution >= 4 is 33.2 Å². The molecule has 2 heterocycles. The summed E-state index contributed by atoms with van der Waals surface area (Å²) < 4.78 is 0. The summed E-state index contributed by atoms with van der Waals surface area (Å²) in [5.74, 6) is 0.754. The zero-order valence-electron chi connectivity index (χ0n) is 11.0. The fourth-order valence-corrected chi connectivity index (χ4v) is 4.38. The van der Waals surface area contributed by atoms with E-state index in [1.54, 1.807) is 17.7 Å². The summed E-state index contributed by atoms with van der Waals surface area (Å²) in [6, 6.07) is 0. The molecule has 18 heavy (non-hydrogen) atoms. The first-order valence-corrected chi connectivity index (χ1v) is 7.57. The summed E-state index contributed by atoms with van der Waals surface area (Å²) >= 11 is 8.02. The topological polar surface area (TPSA) is 25.8 Å². The lowest BCUT2D eigenvalue weighted by atomic mass is 9.72. The number of fused-ring (bicyclic) bond motifs is 3. The second kappa shape index (κ2) is 4.17. The first kappa shape index (κ1) is 12.4. The molecule has 1 unspecified atom stereocenters. The summed E-state index contributed by atoms with van der Waals surface area (Å²) in [6.07, 6.45) is 5.09. The van der Waals surface area contributed by atoms with Gasteiger partial charge in [0.25, 0.3) is 0 Å². The summed E-state index contributed by atoms with van der Waals surface area (Å²) in [7, 11) is 0. The van der Waals surface area contributed by atoms with Crippen LogP contribution in [0.2, 0.25) is 5.15 Å². The molecule has 0 bridgehead atoms. The lowest BCUT2D eigenvalue weighted by Gasteiger charge is -2.33. The first-order chi connectivity index (χ1) is 8.47. The van der Waals surface area contributed by atoms with E-state index in [-0.39, 0.29) is 0 Å². The summed E-state index contributed by atoms with van der Waals surface area (Å²) in [4.78, 5) is 11.0. The molecule has 0 amide bonds. The molecule has 2 nitrogen and oxygen atoms in total. The number of hydrogen-bond acceptors (Lipinski definition) is 3. The van der Waals surface area contributed by atoms with E-state index in [0.29, 0.717) is 10.6 Å². The molecule has 1 aliphatic rings. The minimum atomic E-state index is 0.378. The van der Waals surface area contributed by atoms with E-state index in [1.807, 2.05) is 0 Å². The zero-order valence-corrected chi connectivity index (χ0v) is 12.5. The predicted octanol–water partition coefficient (Wildman–Crippen LogP) is 4.50. The quantitative estimate of drug-likeness (QED) is 0.664. The maximum atomic E-state index is 6.22. The number of thiophene rings is 1. The average molecular weight is 281 g/mol. The van der Waals surface area contributed by atoms with Gasteiger partial charge in [-0.2, -0.15) is 0 Å². The maximum absolute atomic E-state index is 6.22. The van der Waals surface area contributed by atoms with Crippen LogP contribution in [0, 0.1) is 11.3 Å². The highest BCUT2D eigenvalue weighted by atomic mass is 35.5. The Balaban J connectivity index is 2.08. The monoisotopic (exact) mass is 280 g/mol. The Morgan fingerprint density at radius 3 is 2.83 bits per heavy atom. The number of nitrogens with zero attached hydrogens (tertiary/aromatic N) is 2. The average Bonchev–Trinajstić information content (AvgIpc) is 2.66. The van der Waals surface area contributed by atoms with Crippen molar-refractivity contribution in [2.75, 3.05) is 0 Å². The van der Waals surface area contributed by atoms with E-state index in [2.05, 4.69) is 30.7 Å². The van der Waals surface area contributed by atoms with E-state index in [0.717, 1.165) is 29.0 Å². The maximum Gasteiger partial charge on any atom is 0.141 e. The van der Waals surface area contributed by atoms with Crippen LogP contribution in [0.25, 0.3) is 10.2 Å². The van der Waals surface area contributed by atoms with Crippen LogP contribution in [0.4, 0.5) is 0 Å². The van der Waals surface area contributed by atoms with Gasteiger partial charge < -0.3 is 0 Å². The van der Waals surface area contributed by atoms with Gasteiger partial charge >= 0.3 is 0 Å². The van der Waals surface area contributed by atoms with Crippen LogP contribution in [0.5, 0.6) is 0 Å². The normalized spacial score (nSPS) is 20.1. The van der Waals surface area contributed by atoms with Crippen LogP contribution in [0.1, 0.15) is 37.6 Å². The first-order valence-electron chi connectivity index (χ1n) is 6.37. The molecular weight excluding hydrogens is 264 g/mol. The highest BCUT2D eigenvalue weighted by Crippen LogP contribution is 2.43. The van der Waals surface area contributed by atoms with Gasteiger partial charge in [0.1, 0.15) is 16.3 Å². The Hall–Kier alpha value is -0.670. The Bertz CT molecular complexity index is 598. The lowest BCUT2D eigenvalue weighted by molar-refractivity contribution is 0.218. The van der Waals surface area contributed by atoms with Gasteiger partial charge in [0.2, 0.25) is 0 Å². The molecule has 0 spiro atoms. The summed E-state index contributed by atoms with van der Waals surface area (Å²) in [5, 5.41) is 1.72. The van der Waals surface area contributed by atoms with Gasteiger partial charge in [-0.15, -0.1) is 11.3 Å². The smallest absolute Gasteiger partial charge is 0.141 e. The van der Waals surface area contributed by atoms with Crippen molar-refractivity contribution in [3.63, 3.8) is 0 Å². The Kier molecular flexibility index (Phi) is 2.87. The second-order valence-corrected chi connectivity index (χ2v) is 7.60. The van der Waals surface area contributed by atoms with Crippen LogP contribution in [-0.4, -0.2) is 9.97 Å². The van der Waals surface area contributed by atoms with Crippen molar-refractivity contribution in [1.29, 1.82) is 0 Å². The van der Waals surface area contributed by atoms with Crippen molar-refractivity contribution < 1.29 is 0 Å². The van der Waals surface area contributed by atoms with Crippen molar-refractivity contribution in [2.24, 2.45) is 11.3 Å². The zero-order chi connectivity index (χ0) is 12.9. The van der Waals surface area contributed by atoms with E-state index in [9.17, 15) is 0 Å². The number of aryl methyl sites for hydroxylation is 1. The third-order valence-corrected chi connectivity index (χ3v) is 5.47. The fourth-order valence-electron chi connectivity index (χ4n) is 2.81. The Labute approximate surface area is 116 Å². The molecule has 0 aromatic carbocycles. The number of hydrogen-bond donors (Lipinski definition) is 0. The number of aromatic nitrogens is 2. The second-order valence-electron chi connectivity index (χ2n) is 6.15. The third kappa shape index (κ3) is 1.94. The van der Waals surface area contributed by atoms with Gasteiger partial charge in [0, 0.05) is 4.88 Å². The van der Waals surface area contributed by atoms with Crippen LogP contribution in [0.3, 0.4) is 0 Å². The molecule has 1 aliphatic carbocycles. The largest absolute Gasteiger partial charge is 0.225 e. The van der Waals surface area contributed by atoms with Gasteiger partial charge in [-0.3, -0.25) is 0 Å². The molecule has 96 valence electrons. The van der Waals surface area contributed by atoms with Gasteiger partial charge in [-0.05, 0) is 36.2 Å². The molecule has 0 aliphatic heterocycles. The van der Waals surface area contributed by atoms with Crippen molar-refractivity contribution in [1.82, 2.24) is 9.97 Å². The molecule has 1 atom stereocenters. The molecule has 4 heteroatoms. The molecule has 0 saturated carbocycles. The van der Waals surface area contributed by atoms with Gasteiger partial charge in [-0.1, -0.05) is 32.4 Å². The van der Waals surface area contributed by atoms with Crippen LogP contribution >= 0.6 is 22.9 Å². The van der Waals surface area contributed by atoms with Crippen molar-refractivity contribution in [3.05, 3.63) is 21.9 Å². The molecule has 2 aromatic rings. The molecular formula is C14H17ClN2S. The minimum absolute atomic E-state index is 0.378. The third-order valence-electron chi connectivity index (χ3n) is 4.02. The summed E-state index contributed by atoms with van der Waals surface area (Å²) in [5.41, 5.74) is 1.78. The fraction of sp³-hybridized carbons (Fsp3) is 0.571. The number of rotatable bonds is 0. The molecule has 3 rings (SSSR count). The Morgan fingerprint density at radius 1 is 1.33 bits per heavy atom. The van der Waals surface area contributed by atoms with E-state index in [1.165, 1.54) is 16.9 Å². The number of halogens is 1. The van der Waals surface area contributed by atoms with E-state index in [4.69, 9.17) is 11.6 Å². The van der Waals surface area contributed by atoms with Gasteiger partial charge in [0.05, 0.1) is 5.39 Å².